The number of hydrogen-bond acceptors (Lipinski definition) is 4. The van der Waals surface area contributed by atoms with Gasteiger partial charge in [-0.1, -0.05) is 40.9 Å². The molecule has 0 bridgehead atoms. The standard InChI is InChI=1S/C14H7Cl3F3N5O/c15-9-8(5-21)11(17)23-12(10(9)16)24-25-13(26)22-7-3-1-2-6(4-7)14(18,19)20/h1-4H,(H,23,24)(H2,22,25,26). The SMILES string of the molecule is N#Cc1c(Cl)nc(NNC(=O)Nc2cccc(C(F)(F)F)c2)c(Cl)c1Cl. The van der Waals surface area contributed by atoms with Crippen molar-refractivity contribution in [3.63, 3.8) is 0 Å². The van der Waals surface area contributed by atoms with Crippen molar-refractivity contribution in [1.29, 1.82) is 5.26 Å². The molecule has 1 heterocycles. The Balaban J connectivity index is 2.08. The van der Waals surface area contributed by atoms with Gasteiger partial charge in [0.25, 0.3) is 0 Å². The zero-order valence-corrected chi connectivity index (χ0v) is 14.6. The van der Waals surface area contributed by atoms with E-state index in [0.29, 0.717) is 0 Å². The molecule has 3 N–H and O–H groups in total. The molecule has 0 radical (unpaired) electrons. The Morgan fingerprint density at radius 3 is 2.50 bits per heavy atom. The topological polar surface area (TPSA) is 89.8 Å². The van der Waals surface area contributed by atoms with Gasteiger partial charge < -0.3 is 5.32 Å². The van der Waals surface area contributed by atoms with Crippen molar-refractivity contribution in [1.82, 2.24) is 10.4 Å². The minimum absolute atomic E-state index is 0.0888. The molecule has 0 fully saturated rings. The predicted molar refractivity (Wildman–Crippen MR) is 91.2 cm³/mol. The lowest BCUT2D eigenvalue weighted by atomic mass is 10.2. The Kier molecular flexibility index (Phi) is 6.02. The van der Waals surface area contributed by atoms with E-state index in [1.165, 1.54) is 6.07 Å². The number of urea groups is 1. The van der Waals surface area contributed by atoms with Crippen LogP contribution in [0.15, 0.2) is 24.3 Å². The molecule has 136 valence electrons. The summed E-state index contributed by atoms with van der Waals surface area (Å²) in [5.74, 6) is -0.153. The quantitative estimate of drug-likeness (QED) is 0.473. The number of rotatable bonds is 3. The fourth-order valence-corrected chi connectivity index (χ4v) is 2.41. The van der Waals surface area contributed by atoms with E-state index in [2.05, 4.69) is 21.2 Å². The summed E-state index contributed by atoms with van der Waals surface area (Å²) >= 11 is 17.5. The normalized spacial score (nSPS) is 10.8. The number of nitriles is 1. The van der Waals surface area contributed by atoms with E-state index in [4.69, 9.17) is 40.1 Å². The molecule has 0 saturated heterocycles. The fourth-order valence-electron chi connectivity index (χ4n) is 1.74. The highest BCUT2D eigenvalue weighted by molar-refractivity contribution is 6.45. The second-order valence-electron chi connectivity index (χ2n) is 4.65. The molecule has 0 aliphatic heterocycles. The number of nitrogens with one attached hydrogen (secondary N) is 3. The Bertz CT molecular complexity index is 899. The second kappa shape index (κ2) is 7.86. The van der Waals surface area contributed by atoms with Gasteiger partial charge in [-0.15, -0.1) is 0 Å². The van der Waals surface area contributed by atoms with Crippen LogP contribution in [-0.4, -0.2) is 11.0 Å². The first-order valence-corrected chi connectivity index (χ1v) is 7.71. The first kappa shape index (κ1) is 19.9. The molecule has 0 saturated carbocycles. The van der Waals surface area contributed by atoms with E-state index in [1.807, 2.05) is 0 Å². The Labute approximate surface area is 159 Å². The number of hydrazine groups is 1. The average Bonchev–Trinajstić information content (AvgIpc) is 2.57. The molecule has 12 heteroatoms. The van der Waals surface area contributed by atoms with E-state index >= 15 is 0 Å². The molecule has 1 aromatic heterocycles. The molecular formula is C14H7Cl3F3N5O. The van der Waals surface area contributed by atoms with Crippen LogP contribution in [-0.2, 0) is 6.18 Å². The van der Waals surface area contributed by atoms with Crippen LogP contribution < -0.4 is 16.2 Å². The molecule has 0 aliphatic carbocycles. The third kappa shape index (κ3) is 4.60. The average molecular weight is 425 g/mol. The molecule has 1 aromatic carbocycles. The van der Waals surface area contributed by atoms with Crippen LogP contribution in [0.3, 0.4) is 0 Å². The first-order chi connectivity index (χ1) is 12.1. The third-order valence-corrected chi connectivity index (χ3v) is 4.01. The zero-order valence-electron chi connectivity index (χ0n) is 12.4. The number of hydrogen-bond donors (Lipinski definition) is 3. The molecule has 6 nitrogen and oxygen atoms in total. The summed E-state index contributed by atoms with van der Waals surface area (Å²) in [5, 5.41) is 10.5. The molecule has 0 aliphatic rings. The largest absolute Gasteiger partial charge is 0.416 e. The highest BCUT2D eigenvalue weighted by Crippen LogP contribution is 2.34. The summed E-state index contributed by atoms with van der Waals surface area (Å²) in [6, 6.07) is 4.86. The molecule has 2 rings (SSSR count). The van der Waals surface area contributed by atoms with Gasteiger partial charge in [-0.2, -0.15) is 18.4 Å². The number of aromatic nitrogens is 1. The van der Waals surface area contributed by atoms with Crippen LogP contribution in [0.5, 0.6) is 0 Å². The van der Waals surface area contributed by atoms with Crippen LogP contribution in [0.2, 0.25) is 15.2 Å². The van der Waals surface area contributed by atoms with Crippen LogP contribution in [0.4, 0.5) is 29.5 Å². The summed E-state index contributed by atoms with van der Waals surface area (Å²) in [7, 11) is 0. The number of carbonyl (C=O) groups excluding carboxylic acids is 1. The van der Waals surface area contributed by atoms with E-state index in [0.717, 1.165) is 18.2 Å². The first-order valence-electron chi connectivity index (χ1n) is 6.58. The Morgan fingerprint density at radius 2 is 1.88 bits per heavy atom. The van der Waals surface area contributed by atoms with E-state index in [-0.39, 0.29) is 32.3 Å². The number of carbonyl (C=O) groups is 1. The van der Waals surface area contributed by atoms with Crippen molar-refractivity contribution in [3.8, 4) is 6.07 Å². The fraction of sp³-hybridized carbons (Fsp3) is 0.0714. The van der Waals surface area contributed by atoms with E-state index in [9.17, 15) is 18.0 Å². The van der Waals surface area contributed by atoms with Crippen molar-refractivity contribution in [2.75, 3.05) is 10.7 Å². The number of benzene rings is 1. The summed E-state index contributed by atoms with van der Waals surface area (Å²) in [4.78, 5) is 15.5. The van der Waals surface area contributed by atoms with Gasteiger partial charge in [0.05, 0.1) is 10.6 Å². The van der Waals surface area contributed by atoms with E-state index in [1.54, 1.807) is 6.07 Å². The van der Waals surface area contributed by atoms with Crippen LogP contribution in [0, 0.1) is 11.3 Å². The maximum atomic E-state index is 12.6. The summed E-state index contributed by atoms with van der Waals surface area (Å²) in [6.07, 6.45) is -4.54. The Hall–Kier alpha value is -2.41. The van der Waals surface area contributed by atoms with Gasteiger partial charge in [0, 0.05) is 5.69 Å². The van der Waals surface area contributed by atoms with Gasteiger partial charge in [0.2, 0.25) is 0 Å². The number of alkyl halides is 3. The van der Waals surface area contributed by atoms with Crippen molar-refractivity contribution in [2.24, 2.45) is 0 Å². The molecule has 26 heavy (non-hydrogen) atoms. The maximum absolute atomic E-state index is 12.6. The van der Waals surface area contributed by atoms with Gasteiger partial charge in [-0.05, 0) is 18.2 Å². The highest BCUT2D eigenvalue weighted by Gasteiger charge is 2.30. The second-order valence-corrected chi connectivity index (χ2v) is 5.76. The summed E-state index contributed by atoms with van der Waals surface area (Å²) < 4.78 is 37.9. The number of nitrogens with zero attached hydrogens (tertiary/aromatic N) is 2. The zero-order chi connectivity index (χ0) is 19.5. The molecule has 0 unspecified atom stereocenters. The maximum Gasteiger partial charge on any atom is 0.416 e. The van der Waals surface area contributed by atoms with Gasteiger partial charge in [-0.3, -0.25) is 5.43 Å². The number of halogens is 6. The molecule has 0 atom stereocenters. The number of pyridine rings is 1. The Morgan fingerprint density at radius 1 is 1.19 bits per heavy atom. The highest BCUT2D eigenvalue weighted by atomic mass is 35.5. The van der Waals surface area contributed by atoms with Crippen LogP contribution in [0.1, 0.15) is 11.1 Å². The van der Waals surface area contributed by atoms with Gasteiger partial charge >= 0.3 is 12.2 Å². The van der Waals surface area contributed by atoms with Crippen LogP contribution in [0.25, 0.3) is 0 Å². The van der Waals surface area contributed by atoms with E-state index < -0.39 is 17.8 Å². The lowest BCUT2D eigenvalue weighted by Crippen LogP contribution is -2.34. The monoisotopic (exact) mass is 423 g/mol. The molecule has 2 amide bonds. The molecular weight excluding hydrogens is 418 g/mol. The summed E-state index contributed by atoms with van der Waals surface area (Å²) in [5.41, 5.74) is 3.27. The smallest absolute Gasteiger partial charge is 0.307 e. The minimum Gasteiger partial charge on any atom is -0.307 e. The molecule has 2 aromatic rings. The van der Waals surface area contributed by atoms with Gasteiger partial charge in [0.15, 0.2) is 11.0 Å². The van der Waals surface area contributed by atoms with Gasteiger partial charge in [-0.25, -0.2) is 15.2 Å². The summed E-state index contributed by atoms with van der Waals surface area (Å²) in [6.45, 7) is 0. The molecule has 0 spiro atoms. The number of anilines is 2. The van der Waals surface area contributed by atoms with Crippen molar-refractivity contribution in [3.05, 3.63) is 50.6 Å². The third-order valence-electron chi connectivity index (χ3n) is 2.89. The van der Waals surface area contributed by atoms with Crippen LogP contribution >= 0.6 is 34.8 Å². The lowest BCUT2D eigenvalue weighted by molar-refractivity contribution is -0.137. The number of amides is 2. The van der Waals surface area contributed by atoms with Crippen molar-refractivity contribution in [2.45, 2.75) is 6.18 Å². The lowest BCUT2D eigenvalue weighted by Gasteiger charge is -2.13. The van der Waals surface area contributed by atoms with Gasteiger partial charge in [0.1, 0.15) is 16.7 Å². The minimum atomic E-state index is -4.54. The predicted octanol–water partition coefficient (Wildman–Crippen LogP) is 5.08. The van der Waals surface area contributed by atoms with Crippen molar-refractivity contribution >= 4 is 52.3 Å². The van der Waals surface area contributed by atoms with Crippen molar-refractivity contribution < 1.29 is 18.0 Å².